The first-order chi connectivity index (χ1) is 5.68. The van der Waals surface area contributed by atoms with Crippen LogP contribution in [0.5, 0.6) is 0 Å². The van der Waals surface area contributed by atoms with Crippen molar-refractivity contribution in [2.75, 3.05) is 0 Å². The van der Waals surface area contributed by atoms with Crippen LogP contribution in [0.25, 0.3) is 0 Å². The minimum absolute atomic E-state index is 0.415. The topological polar surface area (TPSA) is 24.7 Å². The molecule has 12 heavy (non-hydrogen) atoms. The normalized spacial score (nSPS) is 11.3. The Hall–Kier alpha value is -0.840. The summed E-state index contributed by atoms with van der Waals surface area (Å²) in [5.41, 5.74) is 0.415. The Kier molecular flexibility index (Phi) is 3.28. The van der Waals surface area contributed by atoms with Crippen molar-refractivity contribution in [1.82, 2.24) is 0 Å². The zero-order valence-electron chi connectivity index (χ0n) is 5.92. The van der Waals surface area contributed by atoms with Gasteiger partial charge in [-0.3, -0.25) is 0 Å². The molecule has 0 unspecified atom stereocenters. The first kappa shape index (κ1) is 9.25. The van der Waals surface area contributed by atoms with E-state index in [1.54, 1.807) is 24.3 Å². The molecule has 0 atom stereocenters. The summed E-state index contributed by atoms with van der Waals surface area (Å²) in [4.78, 5) is 0. The molecule has 1 aromatic carbocycles. The standard InChI is InChI=1S/C7H5BrF2N2/c8-5-1-3-6(4-2-5)11-12-7(9)10/h1-4,7H. The second-order valence-electron chi connectivity index (χ2n) is 1.97. The van der Waals surface area contributed by atoms with Crippen molar-refractivity contribution in [3.05, 3.63) is 28.7 Å². The number of rotatable bonds is 2. The molecular formula is C7H5BrF2N2. The monoisotopic (exact) mass is 234 g/mol. The molecule has 0 N–H and O–H groups in total. The van der Waals surface area contributed by atoms with Crippen LogP contribution in [0.4, 0.5) is 14.5 Å². The van der Waals surface area contributed by atoms with Crippen molar-refractivity contribution in [1.29, 1.82) is 0 Å². The molecule has 0 saturated heterocycles. The minimum Gasteiger partial charge on any atom is -0.182 e. The van der Waals surface area contributed by atoms with Crippen LogP contribution in [0.1, 0.15) is 0 Å². The molecule has 1 rings (SSSR count). The predicted octanol–water partition coefficient (Wildman–Crippen LogP) is 3.76. The molecule has 1 aromatic rings. The number of alkyl halides is 2. The highest BCUT2D eigenvalue weighted by molar-refractivity contribution is 9.10. The first-order valence-corrected chi connectivity index (χ1v) is 3.92. The molecule has 0 saturated carbocycles. The number of benzene rings is 1. The summed E-state index contributed by atoms with van der Waals surface area (Å²) < 4.78 is 23.9. The first-order valence-electron chi connectivity index (χ1n) is 3.13. The molecule has 0 fully saturated rings. The highest BCUT2D eigenvalue weighted by atomic mass is 79.9. The Balaban J connectivity index is 2.71. The fourth-order valence-electron chi connectivity index (χ4n) is 0.618. The average Bonchev–Trinajstić information content (AvgIpc) is 2.03. The van der Waals surface area contributed by atoms with E-state index < -0.39 is 6.55 Å². The van der Waals surface area contributed by atoms with Gasteiger partial charge in [-0.15, -0.1) is 5.11 Å². The molecule has 5 heteroatoms. The lowest BCUT2D eigenvalue weighted by molar-refractivity contribution is 0.151. The van der Waals surface area contributed by atoms with Gasteiger partial charge in [0.15, 0.2) is 0 Å². The van der Waals surface area contributed by atoms with Crippen molar-refractivity contribution < 1.29 is 8.78 Å². The van der Waals surface area contributed by atoms with Gasteiger partial charge in [0, 0.05) is 4.47 Å². The fourth-order valence-corrected chi connectivity index (χ4v) is 0.882. The third-order valence-corrected chi connectivity index (χ3v) is 1.62. The number of azo groups is 1. The van der Waals surface area contributed by atoms with Crippen molar-refractivity contribution in [3.8, 4) is 0 Å². The lowest BCUT2D eigenvalue weighted by atomic mass is 10.3. The lowest BCUT2D eigenvalue weighted by Gasteiger charge is -1.91. The maximum atomic E-state index is 11.5. The fraction of sp³-hybridized carbons (Fsp3) is 0.143. The Bertz CT molecular complexity index is 271. The zero-order valence-corrected chi connectivity index (χ0v) is 7.50. The average molecular weight is 235 g/mol. The van der Waals surface area contributed by atoms with E-state index in [2.05, 4.69) is 26.2 Å². The van der Waals surface area contributed by atoms with Crippen LogP contribution >= 0.6 is 15.9 Å². The van der Waals surface area contributed by atoms with E-state index in [1.165, 1.54) is 0 Å². The smallest absolute Gasteiger partial charge is 0.182 e. The van der Waals surface area contributed by atoms with Gasteiger partial charge < -0.3 is 0 Å². The molecule has 64 valence electrons. The minimum atomic E-state index is -2.74. The summed E-state index contributed by atoms with van der Waals surface area (Å²) in [5, 5.41) is 6.00. The SMILES string of the molecule is FC(F)N=Nc1ccc(Br)cc1. The van der Waals surface area contributed by atoms with Crippen LogP contribution in [-0.2, 0) is 0 Å². The predicted molar refractivity (Wildman–Crippen MR) is 44.7 cm³/mol. The van der Waals surface area contributed by atoms with Gasteiger partial charge in [0.1, 0.15) is 0 Å². The van der Waals surface area contributed by atoms with E-state index in [4.69, 9.17) is 0 Å². The highest BCUT2D eigenvalue weighted by Gasteiger charge is 1.95. The van der Waals surface area contributed by atoms with Crippen LogP contribution in [0.2, 0.25) is 0 Å². The molecule has 0 aromatic heterocycles. The van der Waals surface area contributed by atoms with Gasteiger partial charge in [-0.05, 0) is 24.3 Å². The molecular weight excluding hydrogens is 230 g/mol. The van der Waals surface area contributed by atoms with Crippen LogP contribution in [0, 0.1) is 0 Å². The summed E-state index contributed by atoms with van der Waals surface area (Å²) in [5.74, 6) is 0. The van der Waals surface area contributed by atoms with Crippen LogP contribution in [-0.4, -0.2) is 6.55 Å². The zero-order chi connectivity index (χ0) is 8.97. The van der Waals surface area contributed by atoms with Crippen molar-refractivity contribution >= 4 is 21.6 Å². The quantitative estimate of drug-likeness (QED) is 0.550. The summed E-state index contributed by atoms with van der Waals surface area (Å²) in [6, 6.07) is 6.60. The lowest BCUT2D eigenvalue weighted by Crippen LogP contribution is -1.77. The van der Waals surface area contributed by atoms with Crippen LogP contribution in [0.3, 0.4) is 0 Å². The second kappa shape index (κ2) is 4.25. The number of hydrogen-bond acceptors (Lipinski definition) is 2. The third kappa shape index (κ3) is 3.04. The summed E-state index contributed by atoms with van der Waals surface area (Å²) >= 11 is 3.21. The van der Waals surface area contributed by atoms with E-state index in [1.807, 2.05) is 0 Å². The molecule has 2 nitrogen and oxygen atoms in total. The van der Waals surface area contributed by atoms with Gasteiger partial charge in [-0.2, -0.15) is 13.9 Å². The summed E-state index contributed by atoms with van der Waals surface area (Å²) in [7, 11) is 0. The second-order valence-corrected chi connectivity index (χ2v) is 2.89. The van der Waals surface area contributed by atoms with Gasteiger partial charge in [0.2, 0.25) is 0 Å². The van der Waals surface area contributed by atoms with Crippen LogP contribution in [0.15, 0.2) is 39.0 Å². The van der Waals surface area contributed by atoms with Gasteiger partial charge in [0.25, 0.3) is 0 Å². The summed E-state index contributed by atoms with van der Waals surface area (Å²) in [6.45, 7) is -2.74. The third-order valence-electron chi connectivity index (χ3n) is 1.09. The van der Waals surface area contributed by atoms with Crippen molar-refractivity contribution in [2.24, 2.45) is 10.2 Å². The van der Waals surface area contributed by atoms with E-state index >= 15 is 0 Å². The molecule has 0 aliphatic heterocycles. The summed E-state index contributed by atoms with van der Waals surface area (Å²) in [6.07, 6.45) is 0. The molecule has 0 radical (unpaired) electrons. The van der Waals surface area contributed by atoms with E-state index in [9.17, 15) is 8.78 Å². The molecule has 0 aliphatic rings. The Morgan fingerprint density at radius 3 is 2.25 bits per heavy atom. The van der Waals surface area contributed by atoms with Crippen molar-refractivity contribution in [3.63, 3.8) is 0 Å². The molecule has 0 aliphatic carbocycles. The van der Waals surface area contributed by atoms with Gasteiger partial charge in [-0.1, -0.05) is 15.9 Å². The van der Waals surface area contributed by atoms with Crippen molar-refractivity contribution in [2.45, 2.75) is 6.55 Å². The number of nitrogens with zero attached hydrogens (tertiary/aromatic N) is 2. The molecule has 0 heterocycles. The number of halogens is 3. The Morgan fingerprint density at radius 2 is 1.75 bits per heavy atom. The number of hydrogen-bond donors (Lipinski definition) is 0. The van der Waals surface area contributed by atoms with Gasteiger partial charge >= 0.3 is 6.55 Å². The molecule has 0 amide bonds. The van der Waals surface area contributed by atoms with E-state index in [0.717, 1.165) is 4.47 Å². The Morgan fingerprint density at radius 1 is 1.17 bits per heavy atom. The van der Waals surface area contributed by atoms with Crippen LogP contribution < -0.4 is 0 Å². The maximum Gasteiger partial charge on any atom is 0.348 e. The largest absolute Gasteiger partial charge is 0.348 e. The molecule has 0 bridgehead atoms. The maximum absolute atomic E-state index is 11.5. The molecule has 0 spiro atoms. The van der Waals surface area contributed by atoms with E-state index in [0.29, 0.717) is 5.69 Å². The Labute approximate surface area is 76.4 Å². The highest BCUT2D eigenvalue weighted by Crippen LogP contribution is 2.17. The van der Waals surface area contributed by atoms with Gasteiger partial charge in [-0.25, -0.2) is 0 Å². The van der Waals surface area contributed by atoms with Gasteiger partial charge in [0.05, 0.1) is 5.69 Å². The van der Waals surface area contributed by atoms with E-state index in [-0.39, 0.29) is 0 Å².